The molecule has 0 saturated heterocycles. The first-order chi connectivity index (χ1) is 10.9. The number of nitrogens with one attached hydrogen (secondary N) is 1. The Hall–Kier alpha value is -2.30. The van der Waals surface area contributed by atoms with Crippen molar-refractivity contribution in [3.63, 3.8) is 0 Å². The molecule has 2 aromatic carbocycles. The lowest BCUT2D eigenvalue weighted by Crippen LogP contribution is -2.01. The molecule has 0 saturated carbocycles. The maximum absolute atomic E-state index is 12.5. The normalized spacial score (nSPS) is 10.9. The Morgan fingerprint density at radius 3 is 2.52 bits per heavy atom. The smallest absolute Gasteiger partial charge is 0.307 e. The number of benzene rings is 2. The van der Waals surface area contributed by atoms with Crippen molar-refractivity contribution in [2.24, 2.45) is 0 Å². The van der Waals surface area contributed by atoms with Crippen molar-refractivity contribution in [3.05, 3.63) is 69.3 Å². The summed E-state index contributed by atoms with van der Waals surface area (Å²) >= 11 is 11.9. The Morgan fingerprint density at radius 2 is 1.83 bits per heavy atom. The van der Waals surface area contributed by atoms with E-state index in [1.165, 1.54) is 0 Å². The van der Waals surface area contributed by atoms with Gasteiger partial charge in [-0.15, -0.1) is 0 Å². The van der Waals surface area contributed by atoms with E-state index >= 15 is 0 Å². The second-order valence-electron chi connectivity index (χ2n) is 5.12. The molecule has 3 aromatic rings. The molecule has 0 bridgehead atoms. The van der Waals surface area contributed by atoms with Crippen molar-refractivity contribution in [1.82, 2.24) is 4.98 Å². The van der Waals surface area contributed by atoms with Gasteiger partial charge < -0.3 is 10.1 Å². The van der Waals surface area contributed by atoms with Gasteiger partial charge in [0.05, 0.1) is 12.1 Å². The molecule has 0 aliphatic heterocycles. The van der Waals surface area contributed by atoms with Crippen molar-refractivity contribution in [2.75, 3.05) is 0 Å². The number of hydrogen-bond donors (Lipinski definition) is 2. The lowest BCUT2D eigenvalue weighted by molar-refractivity contribution is -0.136. The highest BCUT2D eigenvalue weighted by molar-refractivity contribution is 6.32. The van der Waals surface area contributed by atoms with Crippen LogP contribution in [0.1, 0.15) is 21.6 Å². The van der Waals surface area contributed by atoms with Crippen molar-refractivity contribution in [1.29, 1.82) is 0 Å². The lowest BCUT2D eigenvalue weighted by atomic mass is 10.1. The van der Waals surface area contributed by atoms with Gasteiger partial charge in [0.25, 0.3) is 0 Å². The minimum atomic E-state index is -0.961. The van der Waals surface area contributed by atoms with Crippen molar-refractivity contribution >= 4 is 45.9 Å². The monoisotopic (exact) mass is 347 g/mol. The fourth-order valence-corrected chi connectivity index (χ4v) is 2.92. The molecule has 3 rings (SSSR count). The van der Waals surface area contributed by atoms with Crippen LogP contribution in [0.5, 0.6) is 0 Å². The largest absolute Gasteiger partial charge is 0.481 e. The quantitative estimate of drug-likeness (QED) is 0.690. The lowest BCUT2D eigenvalue weighted by Gasteiger charge is -2.00. The highest BCUT2D eigenvalue weighted by Gasteiger charge is 2.15. The van der Waals surface area contributed by atoms with E-state index in [2.05, 4.69) is 4.98 Å². The van der Waals surface area contributed by atoms with Gasteiger partial charge in [0.2, 0.25) is 5.78 Å². The standard InChI is InChI=1S/C17H11Cl2NO3/c18-11-3-1-2-9(4-11)17(23)15-8-13-10(6-16(21)22)5-12(19)7-14(13)20-15/h1-5,7-8,20H,6H2,(H,21,22). The number of aliphatic carboxylic acids is 1. The van der Waals surface area contributed by atoms with Crippen LogP contribution in [-0.2, 0) is 11.2 Å². The van der Waals surface area contributed by atoms with Gasteiger partial charge in [0, 0.05) is 26.5 Å². The van der Waals surface area contributed by atoms with Crippen molar-refractivity contribution in [2.45, 2.75) is 6.42 Å². The van der Waals surface area contributed by atoms with Crippen LogP contribution >= 0.6 is 23.2 Å². The van der Waals surface area contributed by atoms with E-state index < -0.39 is 5.97 Å². The van der Waals surface area contributed by atoms with E-state index in [1.807, 2.05) is 0 Å². The van der Waals surface area contributed by atoms with Crippen LogP contribution in [0.2, 0.25) is 10.0 Å². The Labute approximate surface area is 141 Å². The molecule has 0 atom stereocenters. The summed E-state index contributed by atoms with van der Waals surface area (Å²) in [7, 11) is 0. The third kappa shape index (κ3) is 3.23. The number of carbonyl (C=O) groups is 2. The Morgan fingerprint density at radius 1 is 1.04 bits per heavy atom. The number of aromatic nitrogens is 1. The van der Waals surface area contributed by atoms with Gasteiger partial charge in [-0.1, -0.05) is 35.3 Å². The van der Waals surface area contributed by atoms with Gasteiger partial charge in [-0.2, -0.15) is 0 Å². The van der Waals surface area contributed by atoms with Crippen LogP contribution in [0.15, 0.2) is 42.5 Å². The molecule has 1 aromatic heterocycles. The fourth-order valence-electron chi connectivity index (χ4n) is 2.49. The first kappa shape index (κ1) is 15.6. The molecular formula is C17H11Cl2NO3. The van der Waals surface area contributed by atoms with Crippen LogP contribution in [0, 0.1) is 0 Å². The summed E-state index contributed by atoms with van der Waals surface area (Å²) in [5.74, 6) is -1.18. The maximum Gasteiger partial charge on any atom is 0.307 e. The Bertz CT molecular complexity index is 931. The number of halogens is 2. The molecule has 0 aliphatic rings. The van der Waals surface area contributed by atoms with Gasteiger partial charge in [-0.3, -0.25) is 9.59 Å². The molecule has 4 nitrogen and oxygen atoms in total. The predicted molar refractivity (Wildman–Crippen MR) is 89.5 cm³/mol. The molecule has 6 heteroatoms. The molecule has 0 aliphatic carbocycles. The Kier molecular flexibility index (Phi) is 4.11. The number of ketones is 1. The van der Waals surface area contributed by atoms with Crippen LogP contribution in [0.4, 0.5) is 0 Å². The fraction of sp³-hybridized carbons (Fsp3) is 0.0588. The van der Waals surface area contributed by atoms with Gasteiger partial charge in [0.15, 0.2) is 0 Å². The third-order valence-electron chi connectivity index (χ3n) is 3.46. The van der Waals surface area contributed by atoms with Gasteiger partial charge >= 0.3 is 5.97 Å². The molecule has 0 unspecified atom stereocenters. The zero-order chi connectivity index (χ0) is 16.6. The third-order valence-corrected chi connectivity index (χ3v) is 3.91. The summed E-state index contributed by atoms with van der Waals surface area (Å²) in [5, 5.41) is 10.6. The molecule has 0 spiro atoms. The number of fused-ring (bicyclic) bond motifs is 1. The van der Waals surface area contributed by atoms with Crippen LogP contribution in [-0.4, -0.2) is 21.8 Å². The summed E-state index contributed by atoms with van der Waals surface area (Å²) in [4.78, 5) is 26.5. The SMILES string of the molecule is O=C(O)Cc1cc(Cl)cc2[nH]c(C(=O)c3cccc(Cl)c3)cc12. The molecule has 0 fully saturated rings. The maximum atomic E-state index is 12.5. The van der Waals surface area contributed by atoms with E-state index in [-0.39, 0.29) is 12.2 Å². The first-order valence-corrected chi connectivity index (χ1v) is 7.53. The molecule has 0 amide bonds. The van der Waals surface area contributed by atoms with Crippen LogP contribution in [0.3, 0.4) is 0 Å². The van der Waals surface area contributed by atoms with E-state index in [9.17, 15) is 9.59 Å². The van der Waals surface area contributed by atoms with Gasteiger partial charge in [-0.25, -0.2) is 0 Å². The van der Waals surface area contributed by atoms with Crippen LogP contribution in [0.25, 0.3) is 10.9 Å². The summed E-state index contributed by atoms with van der Waals surface area (Å²) in [6.45, 7) is 0. The second-order valence-corrected chi connectivity index (χ2v) is 5.99. The van der Waals surface area contributed by atoms with Crippen molar-refractivity contribution < 1.29 is 14.7 Å². The number of carbonyl (C=O) groups excluding carboxylic acids is 1. The zero-order valence-electron chi connectivity index (χ0n) is 11.8. The molecule has 23 heavy (non-hydrogen) atoms. The number of carboxylic acids is 1. The summed E-state index contributed by atoms with van der Waals surface area (Å²) in [5.41, 5.74) is 1.99. The predicted octanol–water partition coefficient (Wildman–Crippen LogP) is 4.33. The number of H-pyrrole nitrogens is 1. The second kappa shape index (κ2) is 6.07. The molecule has 2 N–H and O–H groups in total. The van der Waals surface area contributed by atoms with E-state index in [1.54, 1.807) is 42.5 Å². The highest BCUT2D eigenvalue weighted by Crippen LogP contribution is 2.26. The molecule has 1 heterocycles. The zero-order valence-corrected chi connectivity index (χ0v) is 13.3. The molecular weight excluding hydrogens is 337 g/mol. The first-order valence-electron chi connectivity index (χ1n) is 6.77. The topological polar surface area (TPSA) is 70.2 Å². The van der Waals surface area contributed by atoms with Gasteiger partial charge in [0.1, 0.15) is 0 Å². The van der Waals surface area contributed by atoms with E-state index in [0.717, 1.165) is 0 Å². The van der Waals surface area contributed by atoms with Crippen molar-refractivity contribution in [3.8, 4) is 0 Å². The number of carboxylic acid groups (broad SMARTS) is 1. The number of hydrogen-bond acceptors (Lipinski definition) is 2. The van der Waals surface area contributed by atoms with Gasteiger partial charge in [-0.05, 0) is 35.9 Å². The number of aromatic amines is 1. The molecule has 116 valence electrons. The summed E-state index contributed by atoms with van der Waals surface area (Å²) in [6.07, 6.45) is -0.167. The minimum Gasteiger partial charge on any atom is -0.481 e. The average molecular weight is 348 g/mol. The molecule has 0 radical (unpaired) electrons. The highest BCUT2D eigenvalue weighted by atomic mass is 35.5. The van der Waals surface area contributed by atoms with E-state index in [0.29, 0.717) is 37.8 Å². The van der Waals surface area contributed by atoms with E-state index in [4.69, 9.17) is 28.3 Å². The number of rotatable bonds is 4. The summed E-state index contributed by atoms with van der Waals surface area (Å²) in [6, 6.07) is 11.5. The van der Waals surface area contributed by atoms with Crippen LogP contribution < -0.4 is 0 Å². The Balaban J connectivity index is 2.09. The summed E-state index contributed by atoms with van der Waals surface area (Å²) < 4.78 is 0. The minimum absolute atomic E-state index is 0.167. The average Bonchev–Trinajstić information content (AvgIpc) is 2.89.